The summed E-state index contributed by atoms with van der Waals surface area (Å²) in [7, 11) is 0. The molecule has 1 aromatic heterocycles. The number of carbonyl (C=O) groups excluding carboxylic acids is 2. The molecule has 0 spiro atoms. The van der Waals surface area contributed by atoms with Crippen molar-refractivity contribution in [1.29, 1.82) is 0 Å². The number of benzene rings is 2. The van der Waals surface area contributed by atoms with Crippen molar-refractivity contribution in [3.05, 3.63) is 53.6 Å². The third-order valence-corrected chi connectivity index (χ3v) is 4.45. The van der Waals surface area contributed by atoms with Gasteiger partial charge in [-0.3, -0.25) is 14.4 Å². The Bertz CT molecular complexity index is 1130. The fourth-order valence-electron chi connectivity index (χ4n) is 3.23. The first-order chi connectivity index (χ1) is 13.5. The van der Waals surface area contributed by atoms with Crippen LogP contribution in [0.15, 0.2) is 47.6 Å². The van der Waals surface area contributed by atoms with Crippen molar-refractivity contribution in [2.75, 3.05) is 5.32 Å². The second-order valence-corrected chi connectivity index (χ2v) is 6.37. The predicted molar refractivity (Wildman–Crippen MR) is 104 cm³/mol. The number of hydrazone groups is 1. The van der Waals surface area contributed by atoms with Crippen molar-refractivity contribution in [3.8, 4) is 11.3 Å². The number of carboxylic acid groups (broad SMARTS) is 1. The molecule has 4 N–H and O–H groups in total. The number of aromatic nitrogens is 1. The van der Waals surface area contributed by atoms with Crippen molar-refractivity contribution in [3.63, 3.8) is 0 Å². The van der Waals surface area contributed by atoms with Gasteiger partial charge in [-0.25, -0.2) is 5.43 Å². The van der Waals surface area contributed by atoms with E-state index in [2.05, 4.69) is 20.8 Å². The number of nitrogens with one attached hydrogen (secondary N) is 3. The van der Waals surface area contributed by atoms with Crippen LogP contribution in [-0.2, 0) is 9.59 Å². The average molecular weight is 376 g/mol. The fourth-order valence-corrected chi connectivity index (χ4v) is 3.23. The monoisotopic (exact) mass is 376 g/mol. The molecule has 0 atom stereocenters. The van der Waals surface area contributed by atoms with Crippen molar-refractivity contribution in [1.82, 2.24) is 10.4 Å². The van der Waals surface area contributed by atoms with Crippen LogP contribution in [0.4, 0.5) is 5.69 Å². The molecule has 2 aromatic carbocycles. The van der Waals surface area contributed by atoms with E-state index in [1.807, 2.05) is 30.3 Å². The summed E-state index contributed by atoms with van der Waals surface area (Å²) in [6.07, 6.45) is 1.18. The van der Waals surface area contributed by atoms with Gasteiger partial charge in [0, 0.05) is 28.6 Å². The van der Waals surface area contributed by atoms with Crippen molar-refractivity contribution < 1.29 is 19.5 Å². The molecule has 0 aliphatic carbocycles. The number of aromatic amines is 1. The number of nitrogens with zero attached hydrogens (tertiary/aromatic N) is 1. The average Bonchev–Trinajstić information content (AvgIpc) is 2.96. The standard InChI is InChI=1S/C20H16N4O4/c25-16(6-7-17(26)27)22-12-8-13-18-14(10-21-24-20(13)28)19(23-15(18)9-12)11-4-2-1-3-5-11/h1-5,8-10,23H,6-7H2,(H,22,25)(H,24,28)(H,26,27). The summed E-state index contributed by atoms with van der Waals surface area (Å²) in [5, 5.41) is 16.1. The van der Waals surface area contributed by atoms with E-state index >= 15 is 0 Å². The molecule has 0 radical (unpaired) electrons. The number of rotatable bonds is 5. The molecular formula is C20H16N4O4. The quantitative estimate of drug-likeness (QED) is 0.546. The molecule has 4 rings (SSSR count). The minimum absolute atomic E-state index is 0.150. The van der Waals surface area contributed by atoms with Gasteiger partial charge in [-0.1, -0.05) is 30.3 Å². The van der Waals surface area contributed by atoms with Crippen molar-refractivity contribution >= 4 is 40.6 Å². The van der Waals surface area contributed by atoms with Crippen LogP contribution in [0.5, 0.6) is 0 Å². The number of carbonyl (C=O) groups is 3. The van der Waals surface area contributed by atoms with E-state index in [4.69, 9.17) is 5.11 Å². The Morgan fingerprint density at radius 1 is 1.11 bits per heavy atom. The van der Waals surface area contributed by atoms with E-state index in [0.717, 1.165) is 16.8 Å². The zero-order valence-electron chi connectivity index (χ0n) is 14.7. The lowest BCUT2D eigenvalue weighted by Gasteiger charge is -2.08. The predicted octanol–water partition coefficient (Wildman–Crippen LogP) is 2.72. The van der Waals surface area contributed by atoms with E-state index in [1.165, 1.54) is 0 Å². The molecule has 1 aliphatic heterocycles. The first kappa shape index (κ1) is 17.5. The molecule has 28 heavy (non-hydrogen) atoms. The van der Waals surface area contributed by atoms with Crippen LogP contribution in [0.25, 0.3) is 22.2 Å². The number of aliphatic carboxylic acids is 1. The molecule has 0 saturated carbocycles. The molecule has 2 heterocycles. The lowest BCUT2D eigenvalue weighted by Crippen LogP contribution is -2.17. The Labute approximate surface area is 159 Å². The van der Waals surface area contributed by atoms with E-state index in [0.29, 0.717) is 22.2 Å². The van der Waals surface area contributed by atoms with E-state index in [9.17, 15) is 14.4 Å². The van der Waals surface area contributed by atoms with Gasteiger partial charge in [0.1, 0.15) is 0 Å². The van der Waals surface area contributed by atoms with Gasteiger partial charge in [0.2, 0.25) is 5.91 Å². The smallest absolute Gasteiger partial charge is 0.303 e. The summed E-state index contributed by atoms with van der Waals surface area (Å²) in [5.41, 5.74) is 6.44. The molecule has 0 bridgehead atoms. The van der Waals surface area contributed by atoms with Gasteiger partial charge in [0.15, 0.2) is 0 Å². The molecule has 8 heteroatoms. The maximum atomic E-state index is 12.5. The molecule has 0 saturated heterocycles. The van der Waals surface area contributed by atoms with Gasteiger partial charge < -0.3 is 15.4 Å². The normalized spacial score (nSPS) is 12.5. The summed E-state index contributed by atoms with van der Waals surface area (Å²) < 4.78 is 0. The first-order valence-corrected chi connectivity index (χ1v) is 8.63. The summed E-state index contributed by atoms with van der Waals surface area (Å²) in [6.45, 7) is 0. The highest BCUT2D eigenvalue weighted by Gasteiger charge is 2.22. The maximum Gasteiger partial charge on any atom is 0.303 e. The highest BCUT2D eigenvalue weighted by Crippen LogP contribution is 2.34. The van der Waals surface area contributed by atoms with Crippen LogP contribution in [0.3, 0.4) is 0 Å². The van der Waals surface area contributed by atoms with Crippen LogP contribution >= 0.6 is 0 Å². The van der Waals surface area contributed by atoms with E-state index in [1.54, 1.807) is 18.3 Å². The fraction of sp³-hybridized carbons (Fsp3) is 0.100. The molecule has 140 valence electrons. The summed E-state index contributed by atoms with van der Waals surface area (Å²) in [6, 6.07) is 12.9. The molecule has 3 aromatic rings. The van der Waals surface area contributed by atoms with E-state index in [-0.39, 0.29) is 18.7 Å². The van der Waals surface area contributed by atoms with Gasteiger partial charge in [-0.05, 0) is 17.7 Å². The number of carboxylic acids is 1. The minimum Gasteiger partial charge on any atom is -0.481 e. The second kappa shape index (κ2) is 6.99. The Hall–Kier alpha value is -3.94. The molecular weight excluding hydrogens is 360 g/mol. The first-order valence-electron chi connectivity index (χ1n) is 8.63. The summed E-state index contributed by atoms with van der Waals surface area (Å²) in [5.74, 6) is -1.87. The van der Waals surface area contributed by atoms with Crippen molar-refractivity contribution in [2.45, 2.75) is 12.8 Å². The van der Waals surface area contributed by atoms with Gasteiger partial charge in [-0.15, -0.1) is 0 Å². The van der Waals surface area contributed by atoms with Crippen LogP contribution < -0.4 is 10.7 Å². The lowest BCUT2D eigenvalue weighted by atomic mass is 10.0. The van der Waals surface area contributed by atoms with Gasteiger partial charge >= 0.3 is 5.97 Å². The van der Waals surface area contributed by atoms with Gasteiger partial charge in [0.05, 0.1) is 23.9 Å². The summed E-state index contributed by atoms with van der Waals surface area (Å²) in [4.78, 5) is 38.4. The Morgan fingerprint density at radius 2 is 1.89 bits per heavy atom. The van der Waals surface area contributed by atoms with Crippen LogP contribution in [-0.4, -0.2) is 34.1 Å². The number of hydrogen-bond donors (Lipinski definition) is 4. The largest absolute Gasteiger partial charge is 0.481 e. The Balaban J connectivity index is 1.81. The molecule has 0 fully saturated rings. The SMILES string of the molecule is O=C(O)CCC(=O)Nc1cc2c3c(c(-c4ccccc4)[nH]c3c1)C=NNC2=O. The zero-order valence-corrected chi connectivity index (χ0v) is 14.7. The number of amides is 2. The highest BCUT2D eigenvalue weighted by molar-refractivity contribution is 6.18. The summed E-state index contributed by atoms with van der Waals surface area (Å²) >= 11 is 0. The Morgan fingerprint density at radius 3 is 2.64 bits per heavy atom. The van der Waals surface area contributed by atoms with Gasteiger partial charge in [0.25, 0.3) is 5.91 Å². The van der Waals surface area contributed by atoms with Gasteiger partial charge in [-0.2, -0.15) is 5.10 Å². The third-order valence-electron chi connectivity index (χ3n) is 4.45. The van der Waals surface area contributed by atoms with Crippen LogP contribution in [0.2, 0.25) is 0 Å². The topological polar surface area (TPSA) is 124 Å². The molecule has 1 aliphatic rings. The third kappa shape index (κ3) is 3.23. The van der Waals surface area contributed by atoms with E-state index < -0.39 is 11.9 Å². The molecule has 2 amide bonds. The maximum absolute atomic E-state index is 12.5. The van der Waals surface area contributed by atoms with Crippen LogP contribution in [0.1, 0.15) is 28.8 Å². The molecule has 0 unspecified atom stereocenters. The number of anilines is 1. The van der Waals surface area contributed by atoms with Crippen molar-refractivity contribution in [2.24, 2.45) is 5.10 Å². The second-order valence-electron chi connectivity index (χ2n) is 6.37. The zero-order chi connectivity index (χ0) is 19.7. The number of H-pyrrole nitrogens is 1. The highest BCUT2D eigenvalue weighted by atomic mass is 16.4. The lowest BCUT2D eigenvalue weighted by molar-refractivity contribution is -0.138. The molecule has 8 nitrogen and oxygen atoms in total. The Kier molecular flexibility index (Phi) is 4.36. The minimum atomic E-state index is -1.05. The number of hydrogen-bond acceptors (Lipinski definition) is 4. The van der Waals surface area contributed by atoms with Crippen LogP contribution in [0, 0.1) is 0 Å².